The highest BCUT2D eigenvalue weighted by atomic mass is 16.1. The SMILES string of the molecule is Cc1ccc(-c2nn(CN3CCc4ccccc4C3)c(=O)c3ccccc23)cc1. The zero-order valence-corrected chi connectivity index (χ0v) is 16.5. The van der Waals surface area contributed by atoms with E-state index in [4.69, 9.17) is 5.10 Å². The van der Waals surface area contributed by atoms with Gasteiger partial charge in [-0.05, 0) is 30.5 Å². The molecule has 5 rings (SSSR count). The molecule has 0 amide bonds. The first-order chi connectivity index (χ1) is 14.2. The van der Waals surface area contributed by atoms with E-state index in [1.54, 1.807) is 4.68 Å². The van der Waals surface area contributed by atoms with Crippen molar-refractivity contribution in [2.75, 3.05) is 6.54 Å². The minimum absolute atomic E-state index is 0.0321. The van der Waals surface area contributed by atoms with Crippen LogP contribution in [0.3, 0.4) is 0 Å². The van der Waals surface area contributed by atoms with E-state index < -0.39 is 0 Å². The fourth-order valence-electron chi connectivity index (χ4n) is 4.12. The van der Waals surface area contributed by atoms with E-state index in [1.165, 1.54) is 16.7 Å². The summed E-state index contributed by atoms with van der Waals surface area (Å²) in [6.07, 6.45) is 1.00. The second-order valence-corrected chi connectivity index (χ2v) is 7.78. The molecule has 0 N–H and O–H groups in total. The highest BCUT2D eigenvalue weighted by Gasteiger charge is 2.18. The van der Waals surface area contributed by atoms with Gasteiger partial charge in [0.1, 0.15) is 0 Å². The van der Waals surface area contributed by atoms with Gasteiger partial charge in [-0.15, -0.1) is 0 Å². The molecule has 1 aromatic heterocycles. The molecule has 4 nitrogen and oxygen atoms in total. The van der Waals surface area contributed by atoms with E-state index in [0.717, 1.165) is 41.5 Å². The molecule has 29 heavy (non-hydrogen) atoms. The average Bonchev–Trinajstić information content (AvgIpc) is 2.76. The molecule has 0 saturated heterocycles. The second-order valence-electron chi connectivity index (χ2n) is 7.78. The Balaban J connectivity index is 1.57. The van der Waals surface area contributed by atoms with Crippen LogP contribution in [0.5, 0.6) is 0 Å². The Morgan fingerprint density at radius 1 is 0.862 bits per heavy atom. The largest absolute Gasteiger partial charge is 0.280 e. The lowest BCUT2D eigenvalue weighted by molar-refractivity contribution is 0.186. The molecule has 0 aliphatic carbocycles. The molecule has 0 saturated carbocycles. The van der Waals surface area contributed by atoms with Crippen LogP contribution in [0.1, 0.15) is 16.7 Å². The molecule has 0 spiro atoms. The fraction of sp³-hybridized carbons (Fsp3) is 0.200. The molecular weight excluding hydrogens is 358 g/mol. The number of nitrogens with zero attached hydrogens (tertiary/aromatic N) is 3. The first-order valence-electron chi connectivity index (χ1n) is 10.0. The summed E-state index contributed by atoms with van der Waals surface area (Å²) in [5.41, 5.74) is 5.81. The standard InChI is InChI=1S/C25H23N3O/c1-18-10-12-20(13-11-18)24-22-8-4-5-9-23(22)25(29)28(26-24)17-27-15-14-19-6-2-3-7-21(19)16-27/h2-13H,14-17H2,1H3. The van der Waals surface area contributed by atoms with Gasteiger partial charge in [0.15, 0.2) is 0 Å². The van der Waals surface area contributed by atoms with Crippen LogP contribution in [0.2, 0.25) is 0 Å². The van der Waals surface area contributed by atoms with Crippen LogP contribution in [-0.2, 0) is 19.6 Å². The molecular formula is C25H23N3O. The third kappa shape index (κ3) is 3.36. The van der Waals surface area contributed by atoms with Gasteiger partial charge < -0.3 is 0 Å². The lowest BCUT2D eigenvalue weighted by Crippen LogP contribution is -2.37. The van der Waals surface area contributed by atoms with Gasteiger partial charge in [0.2, 0.25) is 0 Å². The molecule has 144 valence electrons. The van der Waals surface area contributed by atoms with Crippen molar-refractivity contribution in [1.29, 1.82) is 0 Å². The maximum Gasteiger partial charge on any atom is 0.275 e. The number of fused-ring (bicyclic) bond motifs is 2. The zero-order chi connectivity index (χ0) is 19.8. The number of hydrogen-bond donors (Lipinski definition) is 0. The number of aromatic nitrogens is 2. The smallest absolute Gasteiger partial charge is 0.275 e. The molecule has 1 aliphatic heterocycles. The monoisotopic (exact) mass is 381 g/mol. The molecule has 2 heterocycles. The van der Waals surface area contributed by atoms with Crippen molar-refractivity contribution in [3.05, 3.63) is 99.8 Å². The second kappa shape index (κ2) is 7.30. The molecule has 0 unspecified atom stereocenters. The minimum atomic E-state index is -0.0321. The third-order valence-electron chi connectivity index (χ3n) is 5.74. The number of aryl methyl sites for hydroxylation is 1. The highest BCUT2D eigenvalue weighted by Crippen LogP contribution is 2.25. The average molecular weight is 381 g/mol. The van der Waals surface area contributed by atoms with Gasteiger partial charge >= 0.3 is 0 Å². The maximum atomic E-state index is 13.2. The maximum absolute atomic E-state index is 13.2. The van der Waals surface area contributed by atoms with Crippen LogP contribution in [0.25, 0.3) is 22.0 Å². The van der Waals surface area contributed by atoms with Crippen molar-refractivity contribution in [3.63, 3.8) is 0 Å². The Morgan fingerprint density at radius 2 is 1.55 bits per heavy atom. The first kappa shape index (κ1) is 17.8. The van der Waals surface area contributed by atoms with Crippen LogP contribution in [-0.4, -0.2) is 21.2 Å². The van der Waals surface area contributed by atoms with E-state index in [-0.39, 0.29) is 5.56 Å². The molecule has 3 aromatic carbocycles. The van der Waals surface area contributed by atoms with Crippen molar-refractivity contribution >= 4 is 10.8 Å². The summed E-state index contributed by atoms with van der Waals surface area (Å²) in [4.78, 5) is 15.5. The van der Waals surface area contributed by atoms with Gasteiger partial charge in [0, 0.05) is 24.0 Å². The Hall–Kier alpha value is -3.24. The Morgan fingerprint density at radius 3 is 2.34 bits per heavy atom. The van der Waals surface area contributed by atoms with Gasteiger partial charge in [-0.25, -0.2) is 4.68 Å². The molecule has 0 atom stereocenters. The summed E-state index contributed by atoms with van der Waals surface area (Å²) < 4.78 is 1.63. The van der Waals surface area contributed by atoms with E-state index >= 15 is 0 Å². The third-order valence-corrected chi connectivity index (χ3v) is 5.74. The van der Waals surface area contributed by atoms with E-state index in [0.29, 0.717) is 6.67 Å². The first-order valence-corrected chi connectivity index (χ1v) is 10.0. The lowest BCUT2D eigenvalue weighted by atomic mass is 10.0. The van der Waals surface area contributed by atoms with Crippen molar-refractivity contribution in [2.24, 2.45) is 0 Å². The number of rotatable bonds is 3. The summed E-state index contributed by atoms with van der Waals surface area (Å²) in [6.45, 7) is 4.34. The quantitative estimate of drug-likeness (QED) is 0.528. The van der Waals surface area contributed by atoms with Crippen molar-refractivity contribution in [2.45, 2.75) is 26.6 Å². The van der Waals surface area contributed by atoms with Crippen molar-refractivity contribution in [1.82, 2.24) is 14.7 Å². The van der Waals surface area contributed by atoms with E-state index in [2.05, 4.69) is 60.4 Å². The Labute approximate surface area is 170 Å². The minimum Gasteiger partial charge on any atom is -0.280 e. The van der Waals surface area contributed by atoms with E-state index in [1.807, 2.05) is 24.3 Å². The predicted octanol–water partition coefficient (Wildman–Crippen LogP) is 4.39. The number of hydrogen-bond acceptors (Lipinski definition) is 3. The zero-order valence-electron chi connectivity index (χ0n) is 16.5. The highest BCUT2D eigenvalue weighted by molar-refractivity contribution is 5.93. The van der Waals surface area contributed by atoms with Gasteiger partial charge in [-0.2, -0.15) is 5.10 Å². The van der Waals surface area contributed by atoms with Crippen LogP contribution in [0.4, 0.5) is 0 Å². The van der Waals surface area contributed by atoms with Gasteiger partial charge in [0.25, 0.3) is 5.56 Å². The molecule has 4 heteroatoms. The topological polar surface area (TPSA) is 38.1 Å². The number of benzene rings is 3. The van der Waals surface area contributed by atoms with Gasteiger partial charge in [-0.1, -0.05) is 72.3 Å². The molecule has 4 aromatic rings. The lowest BCUT2D eigenvalue weighted by Gasteiger charge is -2.28. The van der Waals surface area contributed by atoms with E-state index in [9.17, 15) is 4.79 Å². The van der Waals surface area contributed by atoms with Crippen molar-refractivity contribution in [3.8, 4) is 11.3 Å². The van der Waals surface area contributed by atoms with Crippen molar-refractivity contribution < 1.29 is 0 Å². The van der Waals surface area contributed by atoms with Crippen LogP contribution in [0, 0.1) is 6.92 Å². The summed E-state index contributed by atoms with van der Waals surface area (Å²) >= 11 is 0. The summed E-state index contributed by atoms with van der Waals surface area (Å²) in [5, 5.41) is 6.44. The van der Waals surface area contributed by atoms with Crippen LogP contribution < -0.4 is 5.56 Å². The summed E-state index contributed by atoms with van der Waals surface area (Å²) in [7, 11) is 0. The Kier molecular flexibility index (Phi) is 4.49. The van der Waals surface area contributed by atoms with Gasteiger partial charge in [-0.3, -0.25) is 9.69 Å². The predicted molar refractivity (Wildman–Crippen MR) is 117 cm³/mol. The van der Waals surface area contributed by atoms with Crippen LogP contribution in [0.15, 0.2) is 77.6 Å². The summed E-state index contributed by atoms with van der Waals surface area (Å²) in [5.74, 6) is 0. The van der Waals surface area contributed by atoms with Crippen LogP contribution >= 0.6 is 0 Å². The molecule has 0 bridgehead atoms. The molecule has 0 fully saturated rings. The Bertz CT molecular complexity index is 1240. The molecule has 0 radical (unpaired) electrons. The molecule has 1 aliphatic rings. The summed E-state index contributed by atoms with van der Waals surface area (Å²) in [6, 6.07) is 24.7. The van der Waals surface area contributed by atoms with Gasteiger partial charge in [0.05, 0.1) is 17.7 Å². The normalized spacial score (nSPS) is 14.1. The fourth-order valence-corrected chi connectivity index (χ4v) is 4.12.